The van der Waals surface area contributed by atoms with Crippen molar-refractivity contribution in [3.63, 3.8) is 0 Å². The van der Waals surface area contributed by atoms with Crippen LogP contribution in [0.15, 0.2) is 24.3 Å². The van der Waals surface area contributed by atoms with Gasteiger partial charge in [0.2, 0.25) is 0 Å². The first-order chi connectivity index (χ1) is 6.08. The Morgan fingerprint density at radius 3 is 2.77 bits per heavy atom. The van der Waals surface area contributed by atoms with E-state index in [2.05, 4.69) is 4.74 Å². The summed E-state index contributed by atoms with van der Waals surface area (Å²) >= 11 is 0. The summed E-state index contributed by atoms with van der Waals surface area (Å²) in [6.07, 6.45) is 5.59. The summed E-state index contributed by atoms with van der Waals surface area (Å²) in [4.78, 5) is 11.2. The average molecular weight is 184 g/mol. The lowest BCUT2D eigenvalue weighted by Gasteiger charge is -2.26. The van der Waals surface area contributed by atoms with E-state index in [0.717, 1.165) is 6.08 Å². The Kier molecular flexibility index (Phi) is 2.85. The van der Waals surface area contributed by atoms with E-state index in [0.29, 0.717) is 0 Å². The number of hydrogen-bond acceptors (Lipinski definition) is 4. The fourth-order valence-electron chi connectivity index (χ4n) is 1.10. The first kappa shape index (κ1) is 9.95. The number of carbonyl (C=O) groups excluding carboxylic acids is 1. The van der Waals surface area contributed by atoms with Gasteiger partial charge in [0.25, 0.3) is 0 Å². The molecule has 0 saturated heterocycles. The van der Waals surface area contributed by atoms with Crippen molar-refractivity contribution in [1.82, 2.24) is 0 Å². The summed E-state index contributed by atoms with van der Waals surface area (Å²) in [6, 6.07) is 0. The molecule has 0 aromatic rings. The first-order valence-corrected chi connectivity index (χ1v) is 4.05. The van der Waals surface area contributed by atoms with Crippen LogP contribution in [0.25, 0.3) is 0 Å². The van der Waals surface area contributed by atoms with E-state index in [9.17, 15) is 15.0 Å². The van der Waals surface area contributed by atoms with Gasteiger partial charge in [-0.05, 0) is 13.0 Å². The lowest BCUT2D eigenvalue weighted by molar-refractivity contribution is -0.180. The predicted octanol–water partition coefficient (Wildman–Crippen LogP) is -0.0274. The maximum Gasteiger partial charge on any atom is 0.318 e. The largest absolute Gasteiger partial charge is 0.465 e. The van der Waals surface area contributed by atoms with Crippen LogP contribution in [-0.2, 0) is 9.53 Å². The Bertz CT molecular complexity index is 252. The summed E-state index contributed by atoms with van der Waals surface area (Å²) in [7, 11) is 0. The molecule has 0 bridgehead atoms. The Hall–Kier alpha value is -1.13. The minimum absolute atomic E-state index is 0.225. The standard InChI is InChI=1S/C9H12O4/c1-2-13-8(10)7-5-3-4-6-9(7,11)12/h3-7,11-12H,2H2,1H3. The fourth-order valence-corrected chi connectivity index (χ4v) is 1.10. The van der Waals surface area contributed by atoms with Crippen LogP contribution >= 0.6 is 0 Å². The number of ether oxygens (including phenoxy) is 1. The van der Waals surface area contributed by atoms with Gasteiger partial charge in [-0.15, -0.1) is 0 Å². The molecule has 0 radical (unpaired) electrons. The zero-order chi connectivity index (χ0) is 9.90. The van der Waals surface area contributed by atoms with E-state index in [1.54, 1.807) is 13.0 Å². The fraction of sp³-hybridized carbons (Fsp3) is 0.444. The highest BCUT2D eigenvalue weighted by Crippen LogP contribution is 2.22. The van der Waals surface area contributed by atoms with Crippen LogP contribution in [0.4, 0.5) is 0 Å². The van der Waals surface area contributed by atoms with Crippen molar-refractivity contribution in [3.8, 4) is 0 Å². The van der Waals surface area contributed by atoms with Crippen LogP contribution in [-0.4, -0.2) is 28.6 Å². The smallest absolute Gasteiger partial charge is 0.318 e. The van der Waals surface area contributed by atoms with Crippen LogP contribution in [0.3, 0.4) is 0 Å². The van der Waals surface area contributed by atoms with Gasteiger partial charge in [-0.3, -0.25) is 4.79 Å². The van der Waals surface area contributed by atoms with Crippen LogP contribution in [0, 0.1) is 5.92 Å². The van der Waals surface area contributed by atoms with E-state index >= 15 is 0 Å². The molecule has 0 saturated carbocycles. The van der Waals surface area contributed by atoms with Crippen molar-refractivity contribution < 1.29 is 19.7 Å². The SMILES string of the molecule is CCOC(=O)C1C=CC=CC1(O)O. The number of rotatable bonds is 2. The molecule has 0 aliphatic heterocycles. The number of carbonyl (C=O) groups is 1. The maximum atomic E-state index is 11.2. The van der Waals surface area contributed by atoms with Crippen LogP contribution in [0.2, 0.25) is 0 Å². The molecule has 13 heavy (non-hydrogen) atoms. The molecule has 1 aliphatic carbocycles. The molecule has 1 atom stereocenters. The highest BCUT2D eigenvalue weighted by Gasteiger charge is 2.37. The molecule has 2 N–H and O–H groups in total. The summed E-state index contributed by atoms with van der Waals surface area (Å²) < 4.78 is 4.67. The molecule has 4 nitrogen and oxygen atoms in total. The van der Waals surface area contributed by atoms with E-state index in [1.165, 1.54) is 12.2 Å². The van der Waals surface area contributed by atoms with E-state index in [1.807, 2.05) is 0 Å². The second-order valence-corrected chi connectivity index (χ2v) is 2.76. The topological polar surface area (TPSA) is 66.8 Å². The van der Waals surface area contributed by atoms with Gasteiger partial charge >= 0.3 is 5.97 Å². The number of aliphatic hydroxyl groups is 2. The van der Waals surface area contributed by atoms with E-state index in [4.69, 9.17) is 0 Å². The zero-order valence-corrected chi connectivity index (χ0v) is 7.30. The molecule has 0 amide bonds. The Morgan fingerprint density at radius 2 is 2.23 bits per heavy atom. The molecular weight excluding hydrogens is 172 g/mol. The van der Waals surface area contributed by atoms with Crippen molar-refractivity contribution in [2.75, 3.05) is 6.61 Å². The molecule has 0 heterocycles. The maximum absolute atomic E-state index is 11.2. The molecule has 0 fully saturated rings. The van der Waals surface area contributed by atoms with Crippen LogP contribution < -0.4 is 0 Å². The summed E-state index contributed by atoms with van der Waals surface area (Å²) in [6.45, 7) is 1.89. The van der Waals surface area contributed by atoms with Gasteiger partial charge in [0.05, 0.1) is 6.61 Å². The monoisotopic (exact) mass is 184 g/mol. The lowest BCUT2D eigenvalue weighted by atomic mass is 9.94. The molecule has 0 spiro atoms. The van der Waals surface area contributed by atoms with Gasteiger partial charge in [-0.25, -0.2) is 0 Å². The van der Waals surface area contributed by atoms with Gasteiger partial charge in [-0.1, -0.05) is 18.2 Å². The lowest BCUT2D eigenvalue weighted by Crippen LogP contribution is -2.41. The number of hydrogen-bond donors (Lipinski definition) is 2. The normalized spacial score (nSPS) is 24.4. The van der Waals surface area contributed by atoms with Gasteiger partial charge in [0.1, 0.15) is 5.92 Å². The third-order valence-electron chi connectivity index (χ3n) is 1.75. The van der Waals surface area contributed by atoms with Crippen LogP contribution in [0.5, 0.6) is 0 Å². The average Bonchev–Trinajstić information content (AvgIpc) is 2.03. The van der Waals surface area contributed by atoms with Gasteiger partial charge < -0.3 is 14.9 Å². The number of allylic oxidation sites excluding steroid dienone is 2. The van der Waals surface area contributed by atoms with Crippen molar-refractivity contribution >= 4 is 5.97 Å². The number of esters is 1. The third-order valence-corrected chi connectivity index (χ3v) is 1.75. The Labute approximate surface area is 76.1 Å². The molecule has 0 aromatic heterocycles. The predicted molar refractivity (Wildman–Crippen MR) is 45.6 cm³/mol. The highest BCUT2D eigenvalue weighted by molar-refractivity contribution is 5.76. The summed E-state index contributed by atoms with van der Waals surface area (Å²) in [5.41, 5.74) is 0. The van der Waals surface area contributed by atoms with Gasteiger partial charge in [-0.2, -0.15) is 0 Å². The molecule has 0 aromatic carbocycles. The van der Waals surface area contributed by atoms with Crippen molar-refractivity contribution in [2.45, 2.75) is 12.7 Å². The third kappa shape index (κ3) is 2.17. The second kappa shape index (κ2) is 3.72. The van der Waals surface area contributed by atoms with Crippen LogP contribution in [0.1, 0.15) is 6.92 Å². The van der Waals surface area contributed by atoms with E-state index in [-0.39, 0.29) is 6.61 Å². The highest BCUT2D eigenvalue weighted by atomic mass is 16.5. The van der Waals surface area contributed by atoms with Crippen molar-refractivity contribution in [2.24, 2.45) is 5.92 Å². The quantitative estimate of drug-likeness (QED) is 0.467. The second-order valence-electron chi connectivity index (χ2n) is 2.76. The van der Waals surface area contributed by atoms with Gasteiger partial charge in [0, 0.05) is 0 Å². The molecule has 72 valence electrons. The summed E-state index contributed by atoms with van der Waals surface area (Å²) in [5.74, 6) is -3.79. The minimum Gasteiger partial charge on any atom is -0.465 e. The molecular formula is C9H12O4. The van der Waals surface area contributed by atoms with Gasteiger partial charge in [0.15, 0.2) is 5.79 Å². The molecule has 1 rings (SSSR count). The van der Waals surface area contributed by atoms with E-state index < -0.39 is 17.7 Å². The van der Waals surface area contributed by atoms with Crippen molar-refractivity contribution in [3.05, 3.63) is 24.3 Å². The minimum atomic E-state index is -2.12. The Balaban J connectivity index is 2.74. The van der Waals surface area contributed by atoms with Crippen molar-refractivity contribution in [1.29, 1.82) is 0 Å². The first-order valence-electron chi connectivity index (χ1n) is 4.05. The Morgan fingerprint density at radius 1 is 1.54 bits per heavy atom. The zero-order valence-electron chi connectivity index (χ0n) is 7.30. The molecule has 1 unspecified atom stereocenters. The summed E-state index contributed by atoms with van der Waals surface area (Å²) in [5, 5.41) is 18.7. The molecule has 4 heteroatoms. The molecule has 1 aliphatic rings.